The molecular weight excluding hydrogens is 184 g/mol. The van der Waals surface area contributed by atoms with Gasteiger partial charge >= 0.3 is 0 Å². The highest BCUT2D eigenvalue weighted by Crippen LogP contribution is 2.15. The van der Waals surface area contributed by atoms with Crippen molar-refractivity contribution in [3.05, 3.63) is 30.1 Å². The Kier molecular flexibility index (Phi) is 6.43. The van der Waals surface area contributed by atoms with Gasteiger partial charge in [0.2, 0.25) is 0 Å². The molecule has 2 heteroatoms. The molecular formula is C13H22N2. The predicted octanol–water partition coefficient (Wildman–Crippen LogP) is 4.17. The highest BCUT2D eigenvalue weighted by Gasteiger charge is 2.05. The molecule has 0 N–H and O–H groups in total. The first kappa shape index (κ1) is 13.7. The fraction of sp³-hybridized carbons (Fsp3) is 0.462. The zero-order valence-electron chi connectivity index (χ0n) is 10.5. The topological polar surface area (TPSA) is 17.8 Å². The van der Waals surface area contributed by atoms with E-state index in [1.807, 2.05) is 43.8 Å². The van der Waals surface area contributed by atoms with Gasteiger partial charge in [-0.2, -0.15) is 5.10 Å². The zero-order chi connectivity index (χ0) is 11.8. The molecule has 0 aliphatic rings. The number of nitrogens with zero attached hydrogens (tertiary/aromatic N) is 2. The number of aromatic nitrogens is 2. The standard InChI is InChI=1S/C11H16N2.C2H6/c1-5-7-13-10(6-2)8-11(12-13)9(3)4;1-2/h5-9H,2H2,1,3-4H3;1-2H3/b7-5-;. The first-order chi connectivity index (χ1) is 7.19. The average Bonchev–Trinajstić information content (AvgIpc) is 2.65. The van der Waals surface area contributed by atoms with Gasteiger partial charge in [-0.3, -0.25) is 0 Å². The van der Waals surface area contributed by atoms with Crippen LogP contribution in [0.2, 0.25) is 0 Å². The molecule has 1 rings (SSSR count). The van der Waals surface area contributed by atoms with Crippen molar-refractivity contribution < 1.29 is 0 Å². The summed E-state index contributed by atoms with van der Waals surface area (Å²) in [7, 11) is 0. The molecule has 15 heavy (non-hydrogen) atoms. The van der Waals surface area contributed by atoms with Crippen molar-refractivity contribution in [1.29, 1.82) is 0 Å². The first-order valence-corrected chi connectivity index (χ1v) is 5.53. The smallest absolute Gasteiger partial charge is 0.0660 e. The molecule has 0 spiro atoms. The van der Waals surface area contributed by atoms with Gasteiger partial charge in [0.05, 0.1) is 11.4 Å². The lowest BCUT2D eigenvalue weighted by atomic mass is 10.1. The highest BCUT2D eigenvalue weighted by molar-refractivity contribution is 5.47. The number of hydrogen-bond donors (Lipinski definition) is 0. The first-order valence-electron chi connectivity index (χ1n) is 5.53. The third kappa shape index (κ3) is 3.74. The van der Waals surface area contributed by atoms with Crippen LogP contribution in [0, 0.1) is 0 Å². The molecule has 0 bridgehead atoms. The van der Waals surface area contributed by atoms with Crippen molar-refractivity contribution in [1.82, 2.24) is 9.78 Å². The predicted molar refractivity (Wildman–Crippen MR) is 68.8 cm³/mol. The molecule has 0 atom stereocenters. The Bertz CT molecular complexity index is 319. The molecule has 2 nitrogen and oxygen atoms in total. The number of rotatable bonds is 3. The van der Waals surface area contributed by atoms with Crippen LogP contribution >= 0.6 is 0 Å². The van der Waals surface area contributed by atoms with E-state index in [-0.39, 0.29) is 0 Å². The Balaban J connectivity index is 0.000000921. The van der Waals surface area contributed by atoms with Crippen LogP contribution in [0.15, 0.2) is 18.7 Å². The van der Waals surface area contributed by atoms with Crippen molar-refractivity contribution in [2.24, 2.45) is 0 Å². The summed E-state index contributed by atoms with van der Waals surface area (Å²) in [6.07, 6.45) is 5.71. The Morgan fingerprint density at radius 2 is 2.00 bits per heavy atom. The fourth-order valence-corrected chi connectivity index (χ4v) is 1.12. The van der Waals surface area contributed by atoms with Gasteiger partial charge in [0.1, 0.15) is 0 Å². The van der Waals surface area contributed by atoms with E-state index >= 15 is 0 Å². The second kappa shape index (κ2) is 7.04. The number of hydrogen-bond acceptors (Lipinski definition) is 1. The maximum absolute atomic E-state index is 4.43. The van der Waals surface area contributed by atoms with E-state index in [4.69, 9.17) is 0 Å². The molecule has 1 heterocycles. The lowest BCUT2D eigenvalue weighted by Crippen LogP contribution is -1.93. The molecule has 0 aromatic carbocycles. The third-order valence-electron chi connectivity index (χ3n) is 1.87. The quantitative estimate of drug-likeness (QED) is 0.726. The monoisotopic (exact) mass is 206 g/mol. The van der Waals surface area contributed by atoms with E-state index in [9.17, 15) is 0 Å². The Morgan fingerprint density at radius 1 is 1.40 bits per heavy atom. The molecule has 1 aromatic rings. The lowest BCUT2D eigenvalue weighted by Gasteiger charge is -1.96. The summed E-state index contributed by atoms with van der Waals surface area (Å²) < 4.78 is 1.85. The average molecular weight is 206 g/mol. The van der Waals surface area contributed by atoms with Gasteiger partial charge in [-0.15, -0.1) is 0 Å². The normalized spacial score (nSPS) is 10.3. The van der Waals surface area contributed by atoms with Gasteiger partial charge in [-0.05, 0) is 25.0 Å². The molecule has 0 aliphatic heterocycles. The molecule has 1 aromatic heterocycles. The minimum atomic E-state index is 0.463. The molecule has 0 radical (unpaired) electrons. The van der Waals surface area contributed by atoms with Gasteiger partial charge < -0.3 is 0 Å². The second-order valence-electron chi connectivity index (χ2n) is 3.28. The Labute approximate surface area is 93.3 Å². The molecule has 0 fully saturated rings. The van der Waals surface area contributed by atoms with Crippen molar-refractivity contribution in [2.75, 3.05) is 0 Å². The van der Waals surface area contributed by atoms with Crippen LogP contribution < -0.4 is 0 Å². The maximum Gasteiger partial charge on any atom is 0.0660 e. The van der Waals surface area contributed by atoms with Crippen LogP contribution in [-0.4, -0.2) is 9.78 Å². The van der Waals surface area contributed by atoms with Crippen molar-refractivity contribution in [3.63, 3.8) is 0 Å². The van der Waals surface area contributed by atoms with Gasteiger partial charge in [0.15, 0.2) is 0 Å². The number of allylic oxidation sites excluding steroid dienone is 1. The minimum Gasteiger partial charge on any atom is -0.241 e. The second-order valence-corrected chi connectivity index (χ2v) is 3.28. The maximum atomic E-state index is 4.43. The molecule has 0 saturated carbocycles. The summed E-state index contributed by atoms with van der Waals surface area (Å²) in [5, 5.41) is 4.43. The van der Waals surface area contributed by atoms with Crippen LogP contribution in [0.4, 0.5) is 0 Å². The third-order valence-corrected chi connectivity index (χ3v) is 1.87. The summed E-state index contributed by atoms with van der Waals surface area (Å²) >= 11 is 0. The van der Waals surface area contributed by atoms with E-state index in [1.54, 1.807) is 0 Å². The van der Waals surface area contributed by atoms with Crippen LogP contribution in [0.5, 0.6) is 0 Å². The van der Waals surface area contributed by atoms with Crippen molar-refractivity contribution in [2.45, 2.75) is 40.5 Å². The summed E-state index contributed by atoms with van der Waals surface area (Å²) in [6, 6.07) is 2.07. The lowest BCUT2D eigenvalue weighted by molar-refractivity contribution is 0.782. The van der Waals surface area contributed by atoms with Crippen LogP contribution in [0.25, 0.3) is 12.3 Å². The van der Waals surface area contributed by atoms with Gasteiger partial charge in [-0.25, -0.2) is 4.68 Å². The Morgan fingerprint density at radius 3 is 2.40 bits per heavy atom. The molecule has 0 saturated heterocycles. The van der Waals surface area contributed by atoms with Crippen LogP contribution in [-0.2, 0) is 0 Å². The van der Waals surface area contributed by atoms with E-state index in [0.717, 1.165) is 11.4 Å². The van der Waals surface area contributed by atoms with Gasteiger partial charge in [0, 0.05) is 6.20 Å². The van der Waals surface area contributed by atoms with Crippen LogP contribution in [0.3, 0.4) is 0 Å². The Hall–Kier alpha value is -1.31. The summed E-state index contributed by atoms with van der Waals surface area (Å²) in [6.45, 7) is 14.0. The largest absolute Gasteiger partial charge is 0.241 e. The van der Waals surface area contributed by atoms with Crippen LogP contribution in [0.1, 0.15) is 51.9 Å². The van der Waals surface area contributed by atoms with Gasteiger partial charge in [0.25, 0.3) is 0 Å². The zero-order valence-corrected chi connectivity index (χ0v) is 10.5. The molecule has 84 valence electrons. The van der Waals surface area contributed by atoms with E-state index in [1.165, 1.54) is 0 Å². The SMILES string of the molecule is C=Cc1cc(C(C)C)nn1/C=C\C.CC. The van der Waals surface area contributed by atoms with Gasteiger partial charge in [-0.1, -0.05) is 40.3 Å². The minimum absolute atomic E-state index is 0.463. The molecule has 0 aliphatic carbocycles. The fourth-order valence-electron chi connectivity index (χ4n) is 1.12. The summed E-state index contributed by atoms with van der Waals surface area (Å²) in [4.78, 5) is 0. The van der Waals surface area contributed by atoms with E-state index in [2.05, 4.69) is 31.6 Å². The van der Waals surface area contributed by atoms with E-state index < -0.39 is 0 Å². The molecule has 0 unspecified atom stereocenters. The van der Waals surface area contributed by atoms with Crippen molar-refractivity contribution >= 4 is 12.3 Å². The summed E-state index contributed by atoms with van der Waals surface area (Å²) in [5.41, 5.74) is 2.15. The van der Waals surface area contributed by atoms with E-state index in [0.29, 0.717) is 5.92 Å². The van der Waals surface area contributed by atoms with Crippen molar-refractivity contribution in [3.8, 4) is 0 Å². The molecule has 0 amide bonds. The highest BCUT2D eigenvalue weighted by atomic mass is 15.3. The summed E-state index contributed by atoms with van der Waals surface area (Å²) in [5.74, 6) is 0.463.